The second-order valence-corrected chi connectivity index (χ2v) is 3.93. The molecule has 0 aliphatic heterocycles. The molecule has 1 atom stereocenters. The third-order valence-electron chi connectivity index (χ3n) is 2.36. The molecule has 2 N–H and O–H groups in total. The molecule has 0 aliphatic carbocycles. The Hall–Kier alpha value is -1.69. The van der Waals surface area contributed by atoms with E-state index in [0.29, 0.717) is 5.82 Å². The lowest BCUT2D eigenvalue weighted by Crippen LogP contribution is -2.30. The Morgan fingerprint density at radius 2 is 2.29 bits per heavy atom. The van der Waals surface area contributed by atoms with Gasteiger partial charge in [-0.25, -0.2) is 14.8 Å². The molecule has 6 heteroatoms. The Labute approximate surface area is 100 Å². The number of ether oxygens (including phenoxy) is 1. The maximum absolute atomic E-state index is 11.2. The van der Waals surface area contributed by atoms with Crippen molar-refractivity contribution in [3.8, 4) is 0 Å². The monoisotopic (exact) mass is 239 g/mol. The number of nitrogens with zero attached hydrogens (tertiary/aromatic N) is 2. The smallest absolute Gasteiger partial charge is 0.376 e. The third kappa shape index (κ3) is 3.67. The number of carbonyl (C=O) groups excluding carboxylic acids is 1. The summed E-state index contributed by atoms with van der Waals surface area (Å²) in [6.45, 7) is 3.96. The summed E-state index contributed by atoms with van der Waals surface area (Å²) in [6, 6.07) is 1.52. The number of methoxy groups -OCH3 is 1. The SMILES string of the molecule is COC(=O)c1nccc(N[C@H](CO)C(C)C)n1. The average Bonchev–Trinajstić information content (AvgIpc) is 2.34. The van der Waals surface area contributed by atoms with E-state index in [-0.39, 0.29) is 24.4 Å². The van der Waals surface area contributed by atoms with Gasteiger partial charge in [0.1, 0.15) is 5.82 Å². The number of aliphatic hydroxyl groups excluding tert-OH is 1. The van der Waals surface area contributed by atoms with Gasteiger partial charge in [-0.3, -0.25) is 0 Å². The van der Waals surface area contributed by atoms with Crippen LogP contribution >= 0.6 is 0 Å². The van der Waals surface area contributed by atoms with Crippen LogP contribution in [-0.2, 0) is 4.74 Å². The van der Waals surface area contributed by atoms with Crippen LogP contribution in [0.2, 0.25) is 0 Å². The summed E-state index contributed by atoms with van der Waals surface area (Å²) < 4.78 is 4.53. The lowest BCUT2D eigenvalue weighted by atomic mass is 10.1. The molecule has 1 aromatic heterocycles. The van der Waals surface area contributed by atoms with Crippen molar-refractivity contribution in [2.45, 2.75) is 19.9 Å². The second kappa shape index (κ2) is 6.15. The lowest BCUT2D eigenvalue weighted by molar-refractivity contribution is 0.0587. The Morgan fingerprint density at radius 3 is 2.82 bits per heavy atom. The van der Waals surface area contributed by atoms with Crippen LogP contribution in [0.5, 0.6) is 0 Å². The van der Waals surface area contributed by atoms with Crippen LogP contribution in [0.4, 0.5) is 5.82 Å². The summed E-state index contributed by atoms with van der Waals surface area (Å²) in [5, 5.41) is 12.2. The molecular weight excluding hydrogens is 222 g/mol. The molecule has 0 saturated carbocycles. The minimum Gasteiger partial charge on any atom is -0.463 e. The van der Waals surface area contributed by atoms with Crippen molar-refractivity contribution >= 4 is 11.8 Å². The zero-order valence-electron chi connectivity index (χ0n) is 10.2. The minimum absolute atomic E-state index is 0.00190. The summed E-state index contributed by atoms with van der Waals surface area (Å²) in [4.78, 5) is 19.0. The molecule has 0 amide bonds. The van der Waals surface area contributed by atoms with Crippen molar-refractivity contribution < 1.29 is 14.6 Å². The van der Waals surface area contributed by atoms with E-state index in [1.807, 2.05) is 13.8 Å². The molecule has 0 spiro atoms. The van der Waals surface area contributed by atoms with Gasteiger partial charge in [-0.05, 0) is 12.0 Å². The molecule has 0 aliphatic rings. The Balaban J connectivity index is 2.81. The van der Waals surface area contributed by atoms with E-state index in [4.69, 9.17) is 0 Å². The molecule has 94 valence electrons. The second-order valence-electron chi connectivity index (χ2n) is 3.93. The predicted molar refractivity (Wildman–Crippen MR) is 62.7 cm³/mol. The first-order chi connectivity index (χ1) is 8.08. The Morgan fingerprint density at radius 1 is 1.59 bits per heavy atom. The van der Waals surface area contributed by atoms with E-state index in [0.717, 1.165) is 0 Å². The first-order valence-electron chi connectivity index (χ1n) is 5.37. The number of rotatable bonds is 5. The molecule has 6 nitrogen and oxygen atoms in total. The van der Waals surface area contributed by atoms with Gasteiger partial charge < -0.3 is 15.2 Å². The first kappa shape index (κ1) is 13.4. The topological polar surface area (TPSA) is 84.3 Å². The standard InChI is InChI=1S/C11H17N3O3/c1-7(2)8(6-15)13-9-4-5-12-10(14-9)11(16)17-3/h4-5,7-8,15H,6H2,1-3H3,(H,12,13,14)/t8-/m1/s1. The fourth-order valence-electron chi connectivity index (χ4n) is 1.24. The fourth-order valence-corrected chi connectivity index (χ4v) is 1.24. The van der Waals surface area contributed by atoms with Crippen LogP contribution in [0.25, 0.3) is 0 Å². The molecule has 0 bridgehead atoms. The molecule has 1 rings (SSSR count). The molecule has 1 aromatic rings. The first-order valence-corrected chi connectivity index (χ1v) is 5.37. The Bertz CT molecular complexity index is 382. The molecule has 0 radical (unpaired) electrons. The highest BCUT2D eigenvalue weighted by Crippen LogP contribution is 2.10. The summed E-state index contributed by atoms with van der Waals surface area (Å²) in [5.41, 5.74) is 0. The highest BCUT2D eigenvalue weighted by molar-refractivity contribution is 5.85. The molecule has 0 saturated heterocycles. The number of esters is 1. The molecule has 0 aromatic carbocycles. The van der Waals surface area contributed by atoms with E-state index in [1.54, 1.807) is 6.07 Å². The van der Waals surface area contributed by atoms with E-state index in [2.05, 4.69) is 20.0 Å². The minimum atomic E-state index is -0.584. The van der Waals surface area contributed by atoms with Crippen LogP contribution in [0.15, 0.2) is 12.3 Å². The zero-order valence-corrected chi connectivity index (χ0v) is 10.2. The van der Waals surface area contributed by atoms with Gasteiger partial charge in [0.15, 0.2) is 0 Å². The quantitative estimate of drug-likeness (QED) is 0.735. The van der Waals surface area contributed by atoms with Gasteiger partial charge in [-0.1, -0.05) is 13.8 Å². The molecule has 0 unspecified atom stereocenters. The fraction of sp³-hybridized carbons (Fsp3) is 0.545. The van der Waals surface area contributed by atoms with Crippen LogP contribution < -0.4 is 5.32 Å². The van der Waals surface area contributed by atoms with Gasteiger partial charge in [0.05, 0.1) is 19.8 Å². The third-order valence-corrected chi connectivity index (χ3v) is 2.36. The van der Waals surface area contributed by atoms with E-state index < -0.39 is 5.97 Å². The highest BCUT2D eigenvalue weighted by Gasteiger charge is 2.14. The summed E-state index contributed by atoms with van der Waals surface area (Å²) in [7, 11) is 1.27. The van der Waals surface area contributed by atoms with Crippen LogP contribution in [-0.4, -0.2) is 40.8 Å². The number of nitrogens with one attached hydrogen (secondary N) is 1. The van der Waals surface area contributed by atoms with Gasteiger partial charge >= 0.3 is 5.97 Å². The predicted octanol–water partition coefficient (Wildman–Crippen LogP) is 0.692. The van der Waals surface area contributed by atoms with Crippen LogP contribution in [0.1, 0.15) is 24.5 Å². The van der Waals surface area contributed by atoms with Gasteiger partial charge in [0.2, 0.25) is 5.82 Å². The van der Waals surface area contributed by atoms with Crippen molar-refractivity contribution in [3.05, 3.63) is 18.1 Å². The normalized spacial score (nSPS) is 12.3. The van der Waals surface area contributed by atoms with Gasteiger partial charge in [0, 0.05) is 6.20 Å². The molecule has 17 heavy (non-hydrogen) atoms. The van der Waals surface area contributed by atoms with Crippen molar-refractivity contribution in [3.63, 3.8) is 0 Å². The number of hydrogen-bond acceptors (Lipinski definition) is 6. The summed E-state index contributed by atoms with van der Waals surface area (Å²) in [5.74, 6) is 0.154. The number of aromatic nitrogens is 2. The van der Waals surface area contributed by atoms with Gasteiger partial charge in [-0.15, -0.1) is 0 Å². The van der Waals surface area contributed by atoms with Crippen LogP contribution in [0.3, 0.4) is 0 Å². The lowest BCUT2D eigenvalue weighted by Gasteiger charge is -2.20. The van der Waals surface area contributed by atoms with Crippen molar-refractivity contribution in [2.24, 2.45) is 5.92 Å². The molecule has 0 fully saturated rings. The molecular formula is C11H17N3O3. The van der Waals surface area contributed by atoms with Crippen molar-refractivity contribution in [1.82, 2.24) is 9.97 Å². The number of anilines is 1. The number of carbonyl (C=O) groups is 1. The van der Waals surface area contributed by atoms with E-state index in [1.165, 1.54) is 13.3 Å². The maximum Gasteiger partial charge on any atom is 0.376 e. The maximum atomic E-state index is 11.2. The zero-order chi connectivity index (χ0) is 12.8. The van der Waals surface area contributed by atoms with E-state index in [9.17, 15) is 9.90 Å². The average molecular weight is 239 g/mol. The van der Waals surface area contributed by atoms with E-state index >= 15 is 0 Å². The Kier molecular flexibility index (Phi) is 4.84. The largest absolute Gasteiger partial charge is 0.463 e. The number of hydrogen-bond donors (Lipinski definition) is 2. The summed E-state index contributed by atoms with van der Waals surface area (Å²) in [6.07, 6.45) is 1.47. The number of aliphatic hydroxyl groups is 1. The highest BCUT2D eigenvalue weighted by atomic mass is 16.5. The van der Waals surface area contributed by atoms with Crippen LogP contribution in [0, 0.1) is 5.92 Å². The summed E-state index contributed by atoms with van der Waals surface area (Å²) >= 11 is 0. The van der Waals surface area contributed by atoms with Gasteiger partial charge in [0.25, 0.3) is 0 Å². The van der Waals surface area contributed by atoms with Crippen molar-refractivity contribution in [2.75, 3.05) is 19.0 Å². The van der Waals surface area contributed by atoms with Crippen molar-refractivity contribution in [1.29, 1.82) is 0 Å². The molecule has 1 heterocycles. The van der Waals surface area contributed by atoms with Gasteiger partial charge in [-0.2, -0.15) is 0 Å².